The summed E-state index contributed by atoms with van der Waals surface area (Å²) in [4.78, 5) is 6.53. The van der Waals surface area contributed by atoms with Crippen LogP contribution in [-0.4, -0.2) is 16.2 Å². The first-order valence-electron chi connectivity index (χ1n) is 2.57. The van der Waals surface area contributed by atoms with E-state index in [1.165, 1.54) is 0 Å². The third kappa shape index (κ3) is 1.78. The monoisotopic (exact) mass is 196 g/mol. The van der Waals surface area contributed by atoms with Crippen LogP contribution in [0.5, 0.6) is 0 Å². The van der Waals surface area contributed by atoms with Gasteiger partial charge in [-0.1, -0.05) is 23.4 Å². The highest BCUT2D eigenvalue weighted by Crippen LogP contribution is 2.18. The molecule has 0 aliphatic carbocycles. The minimum atomic E-state index is -1.02. The van der Waals surface area contributed by atoms with Crippen molar-refractivity contribution in [1.29, 1.82) is 0 Å². The lowest BCUT2D eigenvalue weighted by molar-refractivity contribution is 0.503. The molecule has 0 N–H and O–H groups in total. The quantitative estimate of drug-likeness (QED) is 0.391. The Labute approximate surface area is 71.0 Å². The topological polar surface area (TPSA) is 25.8 Å². The van der Waals surface area contributed by atoms with Crippen molar-refractivity contribution in [2.45, 2.75) is 5.16 Å². The molecule has 0 bridgehead atoms. The van der Waals surface area contributed by atoms with Crippen molar-refractivity contribution in [3.05, 3.63) is 16.9 Å². The summed E-state index contributed by atoms with van der Waals surface area (Å²) in [6.07, 6.45) is 1.61. The van der Waals surface area contributed by atoms with E-state index in [1.54, 1.807) is 6.26 Å². The Bertz CT molecular complexity index is 258. The second-order valence-corrected chi connectivity index (χ2v) is 2.76. The maximum atomic E-state index is 12.5. The number of rotatable bonds is 1. The summed E-state index contributed by atoms with van der Waals surface area (Å²) >= 11 is 6.17. The standard InChI is InChI=1S/C5H3ClF2N2S/c1-11-5-9-3(7)2(6)4(8)10-5/h1H3. The minimum absolute atomic E-state index is 0.0319. The van der Waals surface area contributed by atoms with E-state index < -0.39 is 16.9 Å². The van der Waals surface area contributed by atoms with Crippen molar-refractivity contribution in [2.75, 3.05) is 6.26 Å². The zero-order chi connectivity index (χ0) is 8.43. The number of halogens is 3. The molecular formula is C5H3ClF2N2S. The fourth-order valence-corrected chi connectivity index (χ4v) is 0.895. The molecule has 1 heterocycles. The van der Waals surface area contributed by atoms with Crippen LogP contribution >= 0.6 is 23.4 Å². The van der Waals surface area contributed by atoms with Crippen molar-refractivity contribution >= 4 is 23.4 Å². The van der Waals surface area contributed by atoms with Gasteiger partial charge in [-0.2, -0.15) is 18.7 Å². The summed E-state index contributed by atoms with van der Waals surface area (Å²) in [5.74, 6) is -2.05. The molecule has 1 aromatic heterocycles. The predicted molar refractivity (Wildman–Crippen MR) is 38.7 cm³/mol. The molecule has 2 nitrogen and oxygen atoms in total. The summed E-state index contributed by atoms with van der Waals surface area (Å²) in [6, 6.07) is 0. The Morgan fingerprint density at radius 2 is 1.73 bits per heavy atom. The Kier molecular flexibility index (Phi) is 2.62. The van der Waals surface area contributed by atoms with Crippen molar-refractivity contribution < 1.29 is 8.78 Å². The molecule has 6 heteroatoms. The molecule has 0 unspecified atom stereocenters. The lowest BCUT2D eigenvalue weighted by atomic mass is 10.6. The van der Waals surface area contributed by atoms with Crippen molar-refractivity contribution in [2.24, 2.45) is 0 Å². The van der Waals surface area contributed by atoms with Crippen LogP contribution in [0.2, 0.25) is 5.02 Å². The molecule has 0 saturated heterocycles. The van der Waals surface area contributed by atoms with Crippen LogP contribution in [0.1, 0.15) is 0 Å². The molecule has 0 saturated carbocycles. The number of nitrogens with zero attached hydrogens (tertiary/aromatic N) is 2. The van der Waals surface area contributed by atoms with Gasteiger partial charge in [0.15, 0.2) is 10.2 Å². The van der Waals surface area contributed by atoms with Crippen molar-refractivity contribution in [3.8, 4) is 0 Å². The minimum Gasteiger partial charge on any atom is -0.192 e. The highest BCUT2D eigenvalue weighted by molar-refractivity contribution is 7.98. The smallest absolute Gasteiger partial charge is 0.192 e. The number of thioether (sulfide) groups is 1. The van der Waals surface area contributed by atoms with E-state index in [9.17, 15) is 8.78 Å². The summed E-state index contributed by atoms with van der Waals surface area (Å²) in [7, 11) is 0. The van der Waals surface area contributed by atoms with Crippen molar-refractivity contribution in [1.82, 2.24) is 9.97 Å². The lowest BCUT2D eigenvalue weighted by Crippen LogP contribution is -1.96. The second kappa shape index (κ2) is 3.32. The molecule has 11 heavy (non-hydrogen) atoms. The summed E-state index contributed by atoms with van der Waals surface area (Å²) in [5, 5.41) is -0.632. The fraction of sp³-hybridized carbons (Fsp3) is 0.200. The van der Waals surface area contributed by atoms with E-state index >= 15 is 0 Å². The van der Waals surface area contributed by atoms with E-state index in [-0.39, 0.29) is 5.16 Å². The lowest BCUT2D eigenvalue weighted by Gasteiger charge is -1.96. The maximum Gasteiger partial charge on any atom is 0.238 e. The van der Waals surface area contributed by atoms with Gasteiger partial charge in [-0.15, -0.1) is 0 Å². The van der Waals surface area contributed by atoms with Gasteiger partial charge in [0.2, 0.25) is 11.9 Å². The first-order chi connectivity index (χ1) is 5.15. The van der Waals surface area contributed by atoms with E-state index in [0.29, 0.717) is 0 Å². The van der Waals surface area contributed by atoms with Crippen LogP contribution in [0.4, 0.5) is 8.78 Å². The number of hydrogen-bond donors (Lipinski definition) is 0. The van der Waals surface area contributed by atoms with Gasteiger partial charge in [0.05, 0.1) is 0 Å². The molecule has 0 amide bonds. The van der Waals surface area contributed by atoms with Gasteiger partial charge in [0.25, 0.3) is 0 Å². The first kappa shape index (κ1) is 8.67. The molecule has 1 rings (SSSR count). The van der Waals surface area contributed by atoms with Crippen LogP contribution in [0.3, 0.4) is 0 Å². The SMILES string of the molecule is CSc1nc(F)c(Cl)c(F)n1. The number of hydrogen-bond acceptors (Lipinski definition) is 3. The predicted octanol–water partition coefficient (Wildman–Crippen LogP) is 2.13. The molecule has 1 aromatic rings. The van der Waals surface area contributed by atoms with Gasteiger partial charge >= 0.3 is 0 Å². The highest BCUT2D eigenvalue weighted by atomic mass is 35.5. The maximum absolute atomic E-state index is 12.5. The zero-order valence-corrected chi connectivity index (χ0v) is 7.01. The Morgan fingerprint density at radius 1 is 1.27 bits per heavy atom. The molecule has 0 aromatic carbocycles. The summed E-state index contributed by atoms with van der Waals surface area (Å²) < 4.78 is 25.0. The van der Waals surface area contributed by atoms with Gasteiger partial charge in [0.1, 0.15) is 0 Å². The second-order valence-electron chi connectivity index (χ2n) is 1.61. The van der Waals surface area contributed by atoms with Crippen LogP contribution in [0, 0.1) is 11.9 Å². The molecule has 0 spiro atoms. The molecule has 0 radical (unpaired) electrons. The van der Waals surface area contributed by atoms with Gasteiger partial charge in [-0.05, 0) is 6.26 Å². The van der Waals surface area contributed by atoms with Crippen LogP contribution in [-0.2, 0) is 0 Å². The van der Waals surface area contributed by atoms with Gasteiger partial charge in [0, 0.05) is 0 Å². The van der Waals surface area contributed by atoms with E-state index in [1.807, 2.05) is 0 Å². The third-order valence-electron chi connectivity index (χ3n) is 0.932. The largest absolute Gasteiger partial charge is 0.238 e. The number of aromatic nitrogens is 2. The van der Waals surface area contributed by atoms with Gasteiger partial charge in [-0.25, -0.2) is 0 Å². The Hall–Kier alpha value is -0.420. The average Bonchev–Trinajstić information content (AvgIpc) is 1.99. The molecule has 0 atom stereocenters. The summed E-state index contributed by atoms with van der Waals surface area (Å²) in [5.41, 5.74) is 0. The Balaban J connectivity index is 3.21. The van der Waals surface area contributed by atoms with E-state index in [2.05, 4.69) is 9.97 Å². The van der Waals surface area contributed by atoms with E-state index in [0.717, 1.165) is 11.8 Å². The van der Waals surface area contributed by atoms with Crippen LogP contribution < -0.4 is 0 Å². The normalized spacial score (nSPS) is 10.2. The molecular weight excluding hydrogens is 194 g/mol. The average molecular weight is 197 g/mol. The highest BCUT2D eigenvalue weighted by Gasteiger charge is 2.10. The molecule has 0 aliphatic heterocycles. The van der Waals surface area contributed by atoms with Crippen LogP contribution in [0.25, 0.3) is 0 Å². The molecule has 60 valence electrons. The van der Waals surface area contributed by atoms with Gasteiger partial charge in [-0.3, -0.25) is 0 Å². The van der Waals surface area contributed by atoms with Crippen molar-refractivity contribution in [3.63, 3.8) is 0 Å². The first-order valence-corrected chi connectivity index (χ1v) is 4.18. The fourth-order valence-electron chi connectivity index (χ4n) is 0.468. The summed E-state index contributed by atoms with van der Waals surface area (Å²) in [6.45, 7) is 0. The zero-order valence-electron chi connectivity index (χ0n) is 5.44. The van der Waals surface area contributed by atoms with Crippen LogP contribution in [0.15, 0.2) is 5.16 Å². The molecule has 0 aliphatic rings. The Morgan fingerprint density at radius 3 is 2.09 bits per heavy atom. The van der Waals surface area contributed by atoms with E-state index in [4.69, 9.17) is 11.6 Å². The molecule has 0 fully saturated rings. The third-order valence-corrected chi connectivity index (χ3v) is 1.79. The van der Waals surface area contributed by atoms with Gasteiger partial charge < -0.3 is 0 Å².